The van der Waals surface area contributed by atoms with Gasteiger partial charge in [-0.1, -0.05) is 11.6 Å². The van der Waals surface area contributed by atoms with E-state index >= 15 is 0 Å². The van der Waals surface area contributed by atoms with Crippen LogP contribution < -0.4 is 15.5 Å². The molecule has 5 rings (SSSR count). The number of benzene rings is 3. The first-order valence-corrected chi connectivity index (χ1v) is 12.3. The molecule has 0 atom stereocenters. The van der Waals surface area contributed by atoms with Crippen molar-refractivity contribution in [1.29, 1.82) is 0 Å². The molecule has 2 N–H and O–H groups in total. The molecule has 4 aromatic rings. The van der Waals surface area contributed by atoms with Crippen LogP contribution in [0.25, 0.3) is 11.0 Å². The number of aromatic nitrogens is 2. The minimum absolute atomic E-state index is 0.0209. The summed E-state index contributed by atoms with van der Waals surface area (Å²) >= 11 is 5.58. The number of ether oxygens (including phenoxy) is 1. The Labute approximate surface area is 229 Å². The quantitative estimate of drug-likeness (QED) is 0.219. The third kappa shape index (κ3) is 5.97. The molecule has 8 nitrogen and oxygen atoms in total. The Hall–Kier alpha value is -4.29. The van der Waals surface area contributed by atoms with Crippen molar-refractivity contribution in [3.63, 3.8) is 0 Å². The summed E-state index contributed by atoms with van der Waals surface area (Å²) in [6, 6.07) is 10.1. The summed E-state index contributed by atoms with van der Waals surface area (Å²) in [5.41, 5.74) is -0.224. The van der Waals surface area contributed by atoms with Crippen molar-refractivity contribution in [2.24, 2.45) is 0 Å². The predicted octanol–water partition coefficient (Wildman–Crippen LogP) is 6.15. The van der Waals surface area contributed by atoms with Crippen LogP contribution in [0.15, 0.2) is 60.8 Å². The Kier molecular flexibility index (Phi) is 7.55. The van der Waals surface area contributed by atoms with E-state index in [1.54, 1.807) is 24.4 Å². The number of carbonyl (C=O) groups excluding carboxylic acids is 2. The molecule has 0 unspecified atom stereocenters. The molecule has 0 saturated carbocycles. The number of hydrogen-bond acceptors (Lipinski definition) is 6. The summed E-state index contributed by atoms with van der Waals surface area (Å²) in [5.74, 6) is -0.729. The zero-order valence-electron chi connectivity index (χ0n) is 20.6. The maximum Gasteiger partial charge on any atom is 0.417 e. The summed E-state index contributed by atoms with van der Waals surface area (Å²) in [7, 11) is 0. The number of urea groups is 1. The highest BCUT2D eigenvalue weighted by molar-refractivity contribution is 6.31. The Morgan fingerprint density at radius 1 is 0.925 bits per heavy atom. The smallest absolute Gasteiger partial charge is 0.378 e. The van der Waals surface area contributed by atoms with E-state index in [2.05, 4.69) is 20.6 Å². The standard InChI is InChI=1S/C27H20ClF4N5O3/c28-19-4-3-17(13-18(19)27(30,31)32)34-26(39)36-21-5-1-15(11-20(21)29)25(38)16-2-6-22-23(12-16)35-24(14-33-22)37-7-9-40-10-8-37/h1-6,11-14H,7-10H2,(H2,34,36,39). The van der Waals surface area contributed by atoms with Gasteiger partial charge >= 0.3 is 12.2 Å². The molecule has 0 bridgehead atoms. The summed E-state index contributed by atoms with van der Waals surface area (Å²) in [5, 5.41) is 3.89. The molecule has 0 aliphatic carbocycles. The number of morpholine rings is 1. The van der Waals surface area contributed by atoms with Gasteiger partial charge in [0.05, 0.1) is 46.7 Å². The van der Waals surface area contributed by atoms with Crippen molar-refractivity contribution in [2.45, 2.75) is 6.18 Å². The van der Waals surface area contributed by atoms with Gasteiger partial charge in [-0.25, -0.2) is 14.2 Å². The van der Waals surface area contributed by atoms with Gasteiger partial charge in [0.25, 0.3) is 0 Å². The third-order valence-electron chi connectivity index (χ3n) is 6.14. The Balaban J connectivity index is 1.30. The van der Waals surface area contributed by atoms with Crippen molar-refractivity contribution < 1.29 is 31.9 Å². The fourth-order valence-corrected chi connectivity index (χ4v) is 4.34. The molecule has 40 heavy (non-hydrogen) atoms. The molecular formula is C27H20ClF4N5O3. The highest BCUT2D eigenvalue weighted by Gasteiger charge is 2.33. The van der Waals surface area contributed by atoms with Gasteiger partial charge in [0.2, 0.25) is 0 Å². The van der Waals surface area contributed by atoms with Crippen LogP contribution in [0.1, 0.15) is 21.5 Å². The summed E-state index contributed by atoms with van der Waals surface area (Å²) in [6.45, 7) is 2.50. The molecule has 0 spiro atoms. The monoisotopic (exact) mass is 573 g/mol. The van der Waals surface area contributed by atoms with Gasteiger partial charge < -0.3 is 20.3 Å². The van der Waals surface area contributed by atoms with E-state index < -0.39 is 34.4 Å². The topological polar surface area (TPSA) is 96.5 Å². The normalized spacial score (nSPS) is 13.8. The van der Waals surface area contributed by atoms with E-state index in [4.69, 9.17) is 16.3 Å². The van der Waals surface area contributed by atoms with Gasteiger partial charge in [-0.2, -0.15) is 13.2 Å². The highest BCUT2D eigenvalue weighted by atomic mass is 35.5. The average molecular weight is 574 g/mol. The van der Waals surface area contributed by atoms with Crippen LogP contribution in [-0.4, -0.2) is 48.1 Å². The SMILES string of the molecule is O=C(Nc1ccc(Cl)c(C(F)(F)F)c1)Nc1ccc(C(=O)c2ccc3ncc(N4CCOCC4)nc3c2)cc1F. The number of carbonyl (C=O) groups is 2. The molecule has 2 heterocycles. The summed E-state index contributed by atoms with van der Waals surface area (Å²) < 4.78 is 59.4. The number of nitrogens with zero attached hydrogens (tertiary/aromatic N) is 3. The van der Waals surface area contributed by atoms with E-state index in [0.29, 0.717) is 49.2 Å². The molecule has 1 fully saturated rings. The van der Waals surface area contributed by atoms with Crippen molar-refractivity contribution in [3.05, 3.63) is 88.3 Å². The van der Waals surface area contributed by atoms with Crippen molar-refractivity contribution in [3.8, 4) is 0 Å². The molecule has 13 heteroatoms. The number of hydrogen-bond donors (Lipinski definition) is 2. The first-order valence-electron chi connectivity index (χ1n) is 12.0. The van der Waals surface area contributed by atoms with Crippen molar-refractivity contribution in [1.82, 2.24) is 9.97 Å². The number of anilines is 3. The van der Waals surface area contributed by atoms with Gasteiger partial charge in [0.15, 0.2) is 5.78 Å². The van der Waals surface area contributed by atoms with E-state index in [1.807, 2.05) is 4.90 Å². The average Bonchev–Trinajstić information content (AvgIpc) is 2.94. The van der Waals surface area contributed by atoms with Crippen LogP contribution in [0.4, 0.5) is 39.5 Å². The first kappa shape index (κ1) is 27.3. The number of rotatable bonds is 5. The highest BCUT2D eigenvalue weighted by Crippen LogP contribution is 2.36. The Morgan fingerprint density at radius 3 is 2.38 bits per heavy atom. The number of fused-ring (bicyclic) bond motifs is 1. The van der Waals surface area contributed by atoms with Gasteiger partial charge in [-0.05, 0) is 54.6 Å². The van der Waals surface area contributed by atoms with Crippen LogP contribution in [0.2, 0.25) is 5.02 Å². The zero-order chi connectivity index (χ0) is 28.4. The van der Waals surface area contributed by atoms with Gasteiger partial charge in [0.1, 0.15) is 11.6 Å². The zero-order valence-corrected chi connectivity index (χ0v) is 21.3. The van der Waals surface area contributed by atoms with Crippen molar-refractivity contribution >= 4 is 51.6 Å². The van der Waals surface area contributed by atoms with E-state index in [1.165, 1.54) is 18.2 Å². The first-order chi connectivity index (χ1) is 19.1. The lowest BCUT2D eigenvalue weighted by Crippen LogP contribution is -2.36. The molecule has 0 radical (unpaired) electrons. The van der Waals surface area contributed by atoms with Crippen LogP contribution in [-0.2, 0) is 10.9 Å². The molecule has 1 aliphatic rings. The number of nitrogens with one attached hydrogen (secondary N) is 2. The maximum atomic E-state index is 14.8. The van der Waals surface area contributed by atoms with Gasteiger partial charge in [-0.3, -0.25) is 9.78 Å². The van der Waals surface area contributed by atoms with E-state index in [9.17, 15) is 27.2 Å². The number of ketones is 1. The lowest BCUT2D eigenvalue weighted by Gasteiger charge is -2.27. The molecule has 1 aromatic heterocycles. The fraction of sp³-hybridized carbons (Fsp3) is 0.185. The molecule has 2 amide bonds. The third-order valence-corrected chi connectivity index (χ3v) is 6.47. The number of amides is 2. The largest absolute Gasteiger partial charge is 0.417 e. The Morgan fingerprint density at radius 2 is 1.65 bits per heavy atom. The Bertz CT molecular complexity index is 1610. The second kappa shape index (κ2) is 11.1. The second-order valence-corrected chi connectivity index (χ2v) is 9.23. The number of alkyl halides is 3. The maximum absolute atomic E-state index is 14.8. The lowest BCUT2D eigenvalue weighted by molar-refractivity contribution is -0.137. The molecule has 3 aromatic carbocycles. The van der Waals surface area contributed by atoms with Crippen LogP contribution in [0, 0.1) is 5.82 Å². The van der Waals surface area contributed by atoms with Gasteiger partial charge in [-0.15, -0.1) is 0 Å². The number of halogens is 5. The van der Waals surface area contributed by atoms with E-state index in [-0.39, 0.29) is 22.5 Å². The minimum Gasteiger partial charge on any atom is -0.378 e. The second-order valence-electron chi connectivity index (χ2n) is 8.83. The predicted molar refractivity (Wildman–Crippen MR) is 141 cm³/mol. The summed E-state index contributed by atoms with van der Waals surface area (Å²) in [4.78, 5) is 36.4. The molecule has 1 aliphatic heterocycles. The fourth-order valence-electron chi connectivity index (χ4n) is 4.12. The van der Waals surface area contributed by atoms with Crippen LogP contribution in [0.3, 0.4) is 0 Å². The van der Waals surface area contributed by atoms with Crippen LogP contribution >= 0.6 is 11.6 Å². The molecule has 206 valence electrons. The van der Waals surface area contributed by atoms with Crippen LogP contribution in [0.5, 0.6) is 0 Å². The van der Waals surface area contributed by atoms with E-state index in [0.717, 1.165) is 12.1 Å². The minimum atomic E-state index is -4.72. The molecule has 1 saturated heterocycles. The molecular weight excluding hydrogens is 554 g/mol. The van der Waals surface area contributed by atoms with Gasteiger partial charge in [0, 0.05) is 29.9 Å². The summed E-state index contributed by atoms with van der Waals surface area (Å²) in [6.07, 6.45) is -3.06. The lowest BCUT2D eigenvalue weighted by atomic mass is 10.0. The van der Waals surface area contributed by atoms with Crippen molar-refractivity contribution in [2.75, 3.05) is 41.8 Å².